The van der Waals surface area contributed by atoms with Gasteiger partial charge in [0.1, 0.15) is 6.54 Å². The van der Waals surface area contributed by atoms with Gasteiger partial charge in [-0.15, -0.1) is 0 Å². The number of nitrogens with zero attached hydrogens (tertiary/aromatic N) is 3. The Hall–Kier alpha value is -2.61. The van der Waals surface area contributed by atoms with E-state index >= 15 is 0 Å². The van der Waals surface area contributed by atoms with Gasteiger partial charge in [0.15, 0.2) is 5.65 Å². The van der Waals surface area contributed by atoms with E-state index in [1.807, 2.05) is 0 Å². The van der Waals surface area contributed by atoms with Gasteiger partial charge in [0.25, 0.3) is 0 Å². The first-order valence-corrected chi connectivity index (χ1v) is 9.53. The monoisotopic (exact) mass is 422 g/mol. The highest BCUT2D eigenvalue weighted by molar-refractivity contribution is 6.31. The second-order valence-corrected chi connectivity index (χ2v) is 7.68. The van der Waals surface area contributed by atoms with E-state index in [-0.39, 0.29) is 29.2 Å². The number of fused-ring (bicyclic) bond motifs is 1. The Morgan fingerprint density at radius 3 is 2.69 bits per heavy atom. The molecule has 2 heterocycles. The van der Waals surface area contributed by atoms with Gasteiger partial charge in [0, 0.05) is 22.3 Å². The van der Waals surface area contributed by atoms with Crippen LogP contribution >= 0.6 is 11.6 Å². The molecule has 1 aromatic carbocycles. The molecule has 29 heavy (non-hydrogen) atoms. The van der Waals surface area contributed by atoms with Crippen LogP contribution in [0.2, 0.25) is 5.02 Å². The number of carbonyl (C=O) groups is 1. The van der Waals surface area contributed by atoms with Gasteiger partial charge in [0.2, 0.25) is 5.91 Å². The Morgan fingerprint density at radius 1 is 1.31 bits per heavy atom. The molecule has 1 aliphatic rings. The Bertz CT molecular complexity index is 1120. The largest absolute Gasteiger partial charge is 0.417 e. The summed E-state index contributed by atoms with van der Waals surface area (Å²) in [4.78, 5) is 17.0. The van der Waals surface area contributed by atoms with Gasteiger partial charge in [-0.1, -0.05) is 17.7 Å². The average Bonchev–Trinajstić information content (AvgIpc) is 3.44. The summed E-state index contributed by atoms with van der Waals surface area (Å²) in [5.74, 6) is -0.390. The molecule has 0 unspecified atom stereocenters. The summed E-state index contributed by atoms with van der Waals surface area (Å²) >= 11 is 6.07. The maximum atomic E-state index is 13.6. The summed E-state index contributed by atoms with van der Waals surface area (Å²) in [6.07, 6.45) is -2.89. The Labute approximate surface area is 169 Å². The fourth-order valence-electron chi connectivity index (χ4n) is 3.36. The molecule has 0 aliphatic heterocycles. The molecule has 0 bridgehead atoms. The number of hydrogen-bond donors (Lipinski definition) is 1. The lowest BCUT2D eigenvalue weighted by Crippen LogP contribution is -2.20. The van der Waals surface area contributed by atoms with E-state index in [1.54, 1.807) is 25.1 Å². The third kappa shape index (κ3) is 3.81. The first-order chi connectivity index (χ1) is 13.6. The zero-order chi connectivity index (χ0) is 20.9. The minimum absolute atomic E-state index is 0.0343. The average molecular weight is 423 g/mol. The number of amides is 1. The number of halogens is 4. The molecular weight excluding hydrogens is 405 g/mol. The van der Waals surface area contributed by atoms with Gasteiger partial charge in [-0.25, -0.2) is 9.67 Å². The Balaban J connectivity index is 1.71. The number of nitrogens with one attached hydrogen (secondary N) is 1. The molecule has 1 saturated carbocycles. The highest BCUT2D eigenvalue weighted by Crippen LogP contribution is 2.43. The topological polar surface area (TPSA) is 59.8 Å². The van der Waals surface area contributed by atoms with E-state index in [9.17, 15) is 18.0 Å². The van der Waals surface area contributed by atoms with Crippen LogP contribution in [-0.2, 0) is 17.5 Å². The van der Waals surface area contributed by atoms with E-state index in [2.05, 4.69) is 15.4 Å². The quantitative estimate of drug-likeness (QED) is 0.625. The molecule has 0 saturated heterocycles. The van der Waals surface area contributed by atoms with Crippen molar-refractivity contribution in [1.82, 2.24) is 14.8 Å². The van der Waals surface area contributed by atoms with Crippen molar-refractivity contribution < 1.29 is 18.0 Å². The van der Waals surface area contributed by atoms with Crippen molar-refractivity contribution in [3.8, 4) is 0 Å². The smallest absolute Gasteiger partial charge is 0.324 e. The molecule has 4 rings (SSSR count). The van der Waals surface area contributed by atoms with Gasteiger partial charge >= 0.3 is 6.18 Å². The molecule has 5 nitrogen and oxygen atoms in total. The molecule has 0 spiro atoms. The molecule has 152 valence electrons. The number of hydrogen-bond acceptors (Lipinski definition) is 3. The third-order valence-electron chi connectivity index (χ3n) is 5.03. The number of benzene rings is 1. The van der Waals surface area contributed by atoms with Crippen LogP contribution in [0.25, 0.3) is 11.0 Å². The Morgan fingerprint density at radius 2 is 2.03 bits per heavy atom. The highest BCUT2D eigenvalue weighted by Gasteiger charge is 2.37. The number of alkyl halides is 3. The van der Waals surface area contributed by atoms with Crippen LogP contribution in [0.4, 0.5) is 18.9 Å². The third-order valence-corrected chi connectivity index (χ3v) is 5.44. The molecule has 0 radical (unpaired) electrons. The molecule has 1 N–H and O–H groups in total. The van der Waals surface area contributed by atoms with Gasteiger partial charge < -0.3 is 5.32 Å². The molecule has 1 aliphatic carbocycles. The maximum absolute atomic E-state index is 13.6. The van der Waals surface area contributed by atoms with Crippen molar-refractivity contribution >= 4 is 34.2 Å². The van der Waals surface area contributed by atoms with Gasteiger partial charge in [-0.2, -0.15) is 18.3 Å². The first kappa shape index (κ1) is 19.7. The van der Waals surface area contributed by atoms with Crippen molar-refractivity contribution in [1.29, 1.82) is 0 Å². The van der Waals surface area contributed by atoms with E-state index in [0.717, 1.165) is 18.9 Å². The molecule has 3 aromatic rings. The fraction of sp³-hybridized carbons (Fsp3) is 0.350. The summed E-state index contributed by atoms with van der Waals surface area (Å²) in [5.41, 5.74) is 1.17. The van der Waals surface area contributed by atoms with Crippen molar-refractivity contribution in [2.75, 3.05) is 5.32 Å². The van der Waals surface area contributed by atoms with Crippen LogP contribution < -0.4 is 5.32 Å². The number of rotatable bonds is 4. The van der Waals surface area contributed by atoms with Crippen LogP contribution in [0.5, 0.6) is 0 Å². The lowest BCUT2D eigenvalue weighted by Gasteiger charge is -2.12. The molecule has 2 aromatic heterocycles. The standard InChI is InChI=1S/C20H18ClF3N4O/c1-10-14(21)4-3-5-15(10)25-17(29)9-28-19-18(11(2)27-28)13(20(22,23)24)8-16(26-19)12-6-7-12/h3-5,8,12H,6-7,9H2,1-2H3,(H,25,29). The van der Waals surface area contributed by atoms with Crippen molar-refractivity contribution in [3.63, 3.8) is 0 Å². The van der Waals surface area contributed by atoms with E-state index in [1.165, 1.54) is 11.6 Å². The minimum Gasteiger partial charge on any atom is -0.324 e. The van der Waals surface area contributed by atoms with E-state index < -0.39 is 17.6 Å². The summed E-state index contributed by atoms with van der Waals surface area (Å²) in [6, 6.07) is 6.24. The molecule has 0 atom stereocenters. The number of carbonyl (C=O) groups excluding carboxylic acids is 1. The number of pyridine rings is 1. The molecule has 1 fully saturated rings. The van der Waals surface area contributed by atoms with Crippen molar-refractivity contribution in [2.24, 2.45) is 0 Å². The van der Waals surface area contributed by atoms with Gasteiger partial charge in [-0.05, 0) is 50.5 Å². The lowest BCUT2D eigenvalue weighted by molar-refractivity contribution is -0.136. The zero-order valence-corrected chi connectivity index (χ0v) is 16.5. The predicted octanol–water partition coefficient (Wildman–Crippen LogP) is 5.24. The predicted molar refractivity (Wildman–Crippen MR) is 104 cm³/mol. The van der Waals surface area contributed by atoms with Crippen LogP contribution in [-0.4, -0.2) is 20.7 Å². The number of aromatic nitrogens is 3. The summed E-state index contributed by atoms with van der Waals surface area (Å²) < 4.78 is 42.2. The Kier molecular flexibility index (Phi) is 4.77. The normalized spacial score (nSPS) is 14.4. The lowest BCUT2D eigenvalue weighted by atomic mass is 10.1. The molecule has 1 amide bonds. The number of anilines is 1. The maximum Gasteiger partial charge on any atom is 0.417 e. The highest BCUT2D eigenvalue weighted by atomic mass is 35.5. The summed E-state index contributed by atoms with van der Waals surface area (Å²) in [7, 11) is 0. The van der Waals surface area contributed by atoms with Gasteiger partial charge in [-0.3, -0.25) is 4.79 Å². The SMILES string of the molecule is Cc1c(Cl)cccc1NC(=O)Cn1nc(C)c2c(C(F)(F)F)cc(C3CC3)nc21. The van der Waals surface area contributed by atoms with Gasteiger partial charge in [0.05, 0.1) is 16.6 Å². The fourth-order valence-corrected chi connectivity index (χ4v) is 3.54. The van der Waals surface area contributed by atoms with E-state index in [4.69, 9.17) is 11.6 Å². The van der Waals surface area contributed by atoms with Crippen molar-refractivity contribution in [3.05, 3.63) is 51.8 Å². The first-order valence-electron chi connectivity index (χ1n) is 9.15. The number of aryl methyl sites for hydroxylation is 1. The molecular formula is C20H18ClF3N4O. The summed E-state index contributed by atoms with van der Waals surface area (Å²) in [6.45, 7) is 3.00. The molecule has 9 heteroatoms. The van der Waals surface area contributed by atoms with Crippen molar-refractivity contribution in [2.45, 2.75) is 45.3 Å². The van der Waals surface area contributed by atoms with Crippen LogP contribution in [0.3, 0.4) is 0 Å². The second kappa shape index (κ2) is 7.02. The zero-order valence-electron chi connectivity index (χ0n) is 15.8. The van der Waals surface area contributed by atoms with E-state index in [0.29, 0.717) is 22.0 Å². The minimum atomic E-state index is -4.52. The van der Waals surface area contributed by atoms with Crippen LogP contribution in [0.15, 0.2) is 24.3 Å². The van der Waals surface area contributed by atoms with Crippen LogP contribution in [0.1, 0.15) is 41.3 Å². The van der Waals surface area contributed by atoms with Crippen LogP contribution in [0, 0.1) is 13.8 Å². The summed E-state index contributed by atoms with van der Waals surface area (Å²) in [5, 5.41) is 7.35. The second-order valence-electron chi connectivity index (χ2n) is 7.27.